The molecule has 96 valence electrons. The number of thioether (sulfide) groups is 1. The van der Waals surface area contributed by atoms with Gasteiger partial charge in [-0.3, -0.25) is 0 Å². The van der Waals surface area contributed by atoms with E-state index in [1.165, 1.54) is 11.8 Å². The summed E-state index contributed by atoms with van der Waals surface area (Å²) in [5, 5.41) is 19.0. The van der Waals surface area contributed by atoms with Crippen LogP contribution in [0.1, 0.15) is 0 Å². The topological polar surface area (TPSA) is 77.6 Å². The largest absolute Gasteiger partial charge is 0.512 e. The van der Waals surface area contributed by atoms with Gasteiger partial charge in [-0.15, -0.1) is 10.2 Å². The third-order valence-corrected chi connectivity index (χ3v) is 3.62. The highest BCUT2D eigenvalue weighted by Crippen LogP contribution is 2.27. The molecule has 3 rings (SSSR count). The molecule has 0 aliphatic heterocycles. The number of aromatic nitrogens is 4. The number of aromatic amines is 2. The molecule has 0 unspecified atom stereocenters. The molecule has 2 heterocycles. The van der Waals surface area contributed by atoms with Gasteiger partial charge in [0.1, 0.15) is 0 Å². The van der Waals surface area contributed by atoms with Gasteiger partial charge >= 0.3 is 0 Å². The smallest absolute Gasteiger partial charge is 0.189 e. The van der Waals surface area contributed by atoms with Crippen molar-refractivity contribution in [1.82, 2.24) is 20.2 Å². The van der Waals surface area contributed by atoms with Crippen molar-refractivity contribution in [2.75, 3.05) is 5.75 Å². The van der Waals surface area contributed by atoms with Crippen molar-refractivity contribution < 1.29 is 5.11 Å². The normalized spacial score (nSPS) is 10.9. The summed E-state index contributed by atoms with van der Waals surface area (Å²) in [7, 11) is 0. The summed E-state index contributed by atoms with van der Waals surface area (Å²) in [6.07, 6.45) is 1.91. The van der Waals surface area contributed by atoms with Gasteiger partial charge in [0.15, 0.2) is 11.0 Å². The molecule has 0 saturated carbocycles. The predicted molar refractivity (Wildman–Crippen MR) is 76.2 cm³/mol. The minimum Gasteiger partial charge on any atom is -0.512 e. The highest BCUT2D eigenvalue weighted by atomic mass is 32.2. The lowest BCUT2D eigenvalue weighted by molar-refractivity contribution is 0.420. The third-order valence-electron chi connectivity index (χ3n) is 2.69. The Morgan fingerprint density at radius 1 is 1.32 bits per heavy atom. The van der Waals surface area contributed by atoms with Gasteiger partial charge in [0.25, 0.3) is 0 Å². The van der Waals surface area contributed by atoms with Gasteiger partial charge in [0.05, 0.1) is 11.5 Å². The van der Waals surface area contributed by atoms with Crippen LogP contribution in [-0.4, -0.2) is 31.0 Å². The number of nitrogens with zero attached hydrogens (tertiary/aromatic N) is 2. The fourth-order valence-corrected chi connectivity index (χ4v) is 2.42. The molecule has 0 bridgehead atoms. The van der Waals surface area contributed by atoms with Gasteiger partial charge in [-0.05, 0) is 6.07 Å². The van der Waals surface area contributed by atoms with E-state index in [-0.39, 0.29) is 5.76 Å². The van der Waals surface area contributed by atoms with Crippen LogP contribution in [0.15, 0.2) is 48.0 Å². The quantitative estimate of drug-likeness (QED) is 0.503. The summed E-state index contributed by atoms with van der Waals surface area (Å²) in [6.45, 7) is 3.44. The van der Waals surface area contributed by atoms with Gasteiger partial charge in [-0.1, -0.05) is 36.5 Å². The SMILES string of the molecule is C=C(O)CSc1nnc(-c2c[nH]c3ccccc23)[nH]1. The van der Waals surface area contributed by atoms with E-state index in [0.29, 0.717) is 16.7 Å². The fraction of sp³-hybridized carbons (Fsp3) is 0.0769. The number of H-pyrrole nitrogens is 2. The summed E-state index contributed by atoms with van der Waals surface area (Å²) >= 11 is 1.36. The van der Waals surface area contributed by atoms with Crippen molar-refractivity contribution in [3.63, 3.8) is 0 Å². The average Bonchev–Trinajstić information content (AvgIpc) is 3.02. The molecule has 0 atom stereocenters. The van der Waals surface area contributed by atoms with Crippen LogP contribution < -0.4 is 0 Å². The second kappa shape index (κ2) is 4.81. The molecular formula is C13H12N4OS. The first kappa shape index (κ1) is 11.9. The first-order chi connectivity index (χ1) is 9.24. The molecule has 19 heavy (non-hydrogen) atoms. The van der Waals surface area contributed by atoms with Gasteiger partial charge in [-0.2, -0.15) is 0 Å². The summed E-state index contributed by atoms with van der Waals surface area (Å²) in [5.74, 6) is 1.24. The minimum atomic E-state index is 0.120. The van der Waals surface area contributed by atoms with Crippen LogP contribution in [0.25, 0.3) is 22.3 Å². The van der Waals surface area contributed by atoms with E-state index in [2.05, 4.69) is 26.7 Å². The predicted octanol–water partition coefficient (Wildman–Crippen LogP) is 3.12. The molecule has 0 aliphatic rings. The van der Waals surface area contributed by atoms with Gasteiger partial charge in [0, 0.05) is 22.7 Å². The number of aliphatic hydroxyl groups is 1. The van der Waals surface area contributed by atoms with Crippen molar-refractivity contribution in [2.24, 2.45) is 0 Å². The zero-order chi connectivity index (χ0) is 13.2. The van der Waals surface area contributed by atoms with Crippen LogP contribution >= 0.6 is 11.8 Å². The summed E-state index contributed by atoms with van der Waals surface area (Å²) in [5.41, 5.74) is 2.05. The van der Waals surface area contributed by atoms with Crippen molar-refractivity contribution in [2.45, 2.75) is 5.16 Å². The van der Waals surface area contributed by atoms with Crippen LogP contribution in [0.4, 0.5) is 0 Å². The highest BCUT2D eigenvalue weighted by molar-refractivity contribution is 7.99. The van der Waals surface area contributed by atoms with Crippen LogP contribution in [0.3, 0.4) is 0 Å². The zero-order valence-electron chi connectivity index (χ0n) is 10.1. The fourth-order valence-electron chi connectivity index (χ4n) is 1.85. The lowest BCUT2D eigenvalue weighted by atomic mass is 10.2. The lowest BCUT2D eigenvalue weighted by Crippen LogP contribution is -1.83. The lowest BCUT2D eigenvalue weighted by Gasteiger charge is -1.94. The standard InChI is InChI=1S/C13H12N4OS/c1-8(18)7-19-13-15-12(16-17-13)10-6-14-11-5-3-2-4-9(10)11/h2-6,14,18H,1,7H2,(H,15,16,17). The zero-order valence-corrected chi connectivity index (χ0v) is 10.9. The average molecular weight is 272 g/mol. The molecule has 0 saturated heterocycles. The van der Waals surface area contributed by atoms with E-state index in [0.717, 1.165) is 16.5 Å². The summed E-state index contributed by atoms with van der Waals surface area (Å²) in [6, 6.07) is 8.02. The van der Waals surface area contributed by atoms with Crippen molar-refractivity contribution in [1.29, 1.82) is 0 Å². The number of aliphatic hydroxyl groups excluding tert-OH is 1. The number of hydrogen-bond acceptors (Lipinski definition) is 4. The highest BCUT2D eigenvalue weighted by Gasteiger charge is 2.10. The number of hydrogen-bond donors (Lipinski definition) is 3. The summed E-state index contributed by atoms with van der Waals surface area (Å²) < 4.78 is 0. The van der Waals surface area contributed by atoms with Gasteiger partial charge in [-0.25, -0.2) is 0 Å². The Hall–Kier alpha value is -2.21. The van der Waals surface area contributed by atoms with Crippen molar-refractivity contribution in [3.05, 3.63) is 42.8 Å². The molecule has 0 radical (unpaired) electrons. The Labute approximate surface area is 113 Å². The molecule has 3 aromatic rings. The molecule has 2 aromatic heterocycles. The van der Waals surface area contributed by atoms with E-state index < -0.39 is 0 Å². The molecule has 0 fully saturated rings. The Morgan fingerprint density at radius 3 is 3.00 bits per heavy atom. The number of nitrogens with one attached hydrogen (secondary N) is 2. The van der Waals surface area contributed by atoms with Crippen LogP contribution in [-0.2, 0) is 0 Å². The van der Waals surface area contributed by atoms with E-state index >= 15 is 0 Å². The molecule has 3 N–H and O–H groups in total. The molecule has 1 aromatic carbocycles. The third kappa shape index (κ3) is 2.34. The maximum atomic E-state index is 9.06. The Kier molecular flexibility index (Phi) is 3.00. The van der Waals surface area contributed by atoms with Crippen molar-refractivity contribution >= 4 is 22.7 Å². The number of para-hydroxylation sites is 1. The maximum absolute atomic E-state index is 9.06. The van der Waals surface area contributed by atoms with E-state index in [1.54, 1.807) is 0 Å². The first-order valence-corrected chi connectivity index (χ1v) is 6.71. The molecule has 5 nitrogen and oxygen atoms in total. The molecule has 0 aliphatic carbocycles. The van der Waals surface area contributed by atoms with E-state index in [1.807, 2.05) is 30.5 Å². The Bertz CT molecular complexity index is 731. The second-order valence-electron chi connectivity index (χ2n) is 4.08. The monoisotopic (exact) mass is 272 g/mol. The Balaban J connectivity index is 1.92. The minimum absolute atomic E-state index is 0.120. The number of benzene rings is 1. The Morgan fingerprint density at radius 2 is 2.16 bits per heavy atom. The molecule has 0 spiro atoms. The molecular weight excluding hydrogens is 260 g/mol. The second-order valence-corrected chi connectivity index (χ2v) is 5.05. The van der Waals surface area contributed by atoms with Gasteiger partial charge in [0.2, 0.25) is 0 Å². The number of fused-ring (bicyclic) bond motifs is 1. The van der Waals surface area contributed by atoms with Crippen LogP contribution in [0.5, 0.6) is 0 Å². The van der Waals surface area contributed by atoms with Crippen molar-refractivity contribution in [3.8, 4) is 11.4 Å². The van der Waals surface area contributed by atoms with Crippen LogP contribution in [0, 0.1) is 0 Å². The van der Waals surface area contributed by atoms with E-state index in [9.17, 15) is 0 Å². The summed E-state index contributed by atoms with van der Waals surface area (Å²) in [4.78, 5) is 6.33. The first-order valence-electron chi connectivity index (χ1n) is 5.73. The molecule has 6 heteroatoms. The maximum Gasteiger partial charge on any atom is 0.189 e. The number of rotatable bonds is 4. The van der Waals surface area contributed by atoms with Gasteiger partial charge < -0.3 is 15.1 Å². The van der Waals surface area contributed by atoms with E-state index in [4.69, 9.17) is 5.11 Å². The van der Waals surface area contributed by atoms with Crippen LogP contribution in [0.2, 0.25) is 0 Å². The molecule has 0 amide bonds.